The molecule has 4 rings (SSSR count). The average Bonchev–Trinajstić information content (AvgIpc) is 3.12. The summed E-state index contributed by atoms with van der Waals surface area (Å²) in [7, 11) is 0. The molecule has 0 bridgehead atoms. The molecule has 1 amide bonds. The van der Waals surface area contributed by atoms with Crippen molar-refractivity contribution in [3.63, 3.8) is 0 Å². The first kappa shape index (κ1) is 18.3. The molecule has 144 valence electrons. The standard InChI is InChI=1S/C21H21FN4O2/c22-18-8-6-16(7-9-18)11-23-20(27)14-26-12-17(13-26)21-24-19(25-28-21)10-15-4-2-1-3-5-15/h1-9,17H,10-14H2,(H,23,27). The van der Waals surface area contributed by atoms with Crippen LogP contribution in [0.3, 0.4) is 0 Å². The number of nitrogens with zero attached hydrogens (tertiary/aromatic N) is 3. The Morgan fingerprint density at radius 1 is 1.11 bits per heavy atom. The van der Waals surface area contributed by atoms with Gasteiger partial charge < -0.3 is 9.84 Å². The minimum absolute atomic E-state index is 0.0573. The molecule has 1 aromatic heterocycles. The predicted octanol–water partition coefficient (Wildman–Crippen LogP) is 2.52. The van der Waals surface area contributed by atoms with Crippen molar-refractivity contribution in [2.45, 2.75) is 18.9 Å². The molecular formula is C21H21FN4O2. The summed E-state index contributed by atoms with van der Waals surface area (Å²) in [6, 6.07) is 16.1. The van der Waals surface area contributed by atoms with Crippen LogP contribution in [0.15, 0.2) is 59.1 Å². The van der Waals surface area contributed by atoms with Crippen LogP contribution < -0.4 is 5.32 Å². The number of likely N-dealkylation sites (tertiary alicyclic amines) is 1. The molecule has 0 atom stereocenters. The Hall–Kier alpha value is -3.06. The van der Waals surface area contributed by atoms with Crippen molar-refractivity contribution in [3.8, 4) is 0 Å². The molecule has 1 saturated heterocycles. The minimum atomic E-state index is -0.283. The maximum absolute atomic E-state index is 12.9. The van der Waals surface area contributed by atoms with Gasteiger partial charge in [-0.2, -0.15) is 4.98 Å². The smallest absolute Gasteiger partial charge is 0.234 e. The molecule has 2 heterocycles. The zero-order valence-corrected chi connectivity index (χ0v) is 15.3. The number of halogens is 1. The quantitative estimate of drug-likeness (QED) is 0.682. The number of carbonyl (C=O) groups excluding carboxylic acids is 1. The topological polar surface area (TPSA) is 71.3 Å². The van der Waals surface area contributed by atoms with Gasteiger partial charge in [0.15, 0.2) is 5.82 Å². The largest absolute Gasteiger partial charge is 0.351 e. The summed E-state index contributed by atoms with van der Waals surface area (Å²) in [5, 5.41) is 6.91. The van der Waals surface area contributed by atoms with Crippen LogP contribution in [-0.4, -0.2) is 40.6 Å². The fraction of sp³-hybridized carbons (Fsp3) is 0.286. The van der Waals surface area contributed by atoms with Gasteiger partial charge in [0.1, 0.15) is 5.82 Å². The minimum Gasteiger partial charge on any atom is -0.351 e. The van der Waals surface area contributed by atoms with Gasteiger partial charge >= 0.3 is 0 Å². The van der Waals surface area contributed by atoms with Crippen LogP contribution in [0.1, 0.15) is 28.8 Å². The number of amides is 1. The number of rotatable bonds is 7. The lowest BCUT2D eigenvalue weighted by Crippen LogP contribution is -2.49. The van der Waals surface area contributed by atoms with E-state index in [0.717, 1.165) is 24.2 Å². The van der Waals surface area contributed by atoms with Crippen molar-refractivity contribution in [1.29, 1.82) is 0 Å². The highest BCUT2D eigenvalue weighted by Crippen LogP contribution is 2.25. The maximum atomic E-state index is 12.9. The van der Waals surface area contributed by atoms with Gasteiger partial charge in [-0.25, -0.2) is 4.39 Å². The number of benzene rings is 2. The van der Waals surface area contributed by atoms with E-state index in [1.807, 2.05) is 35.2 Å². The van der Waals surface area contributed by atoms with E-state index in [0.29, 0.717) is 31.2 Å². The van der Waals surface area contributed by atoms with Gasteiger partial charge in [-0.1, -0.05) is 47.6 Å². The van der Waals surface area contributed by atoms with Gasteiger partial charge in [-0.05, 0) is 23.3 Å². The summed E-state index contributed by atoms with van der Waals surface area (Å²) in [6.07, 6.45) is 0.645. The zero-order chi connectivity index (χ0) is 19.3. The SMILES string of the molecule is O=C(CN1CC(c2nc(Cc3ccccc3)no2)C1)NCc1ccc(F)cc1. The van der Waals surface area contributed by atoms with E-state index in [4.69, 9.17) is 4.52 Å². The number of nitrogens with one attached hydrogen (secondary N) is 1. The molecule has 0 spiro atoms. The van der Waals surface area contributed by atoms with Crippen molar-refractivity contribution < 1.29 is 13.7 Å². The molecule has 7 heteroatoms. The monoisotopic (exact) mass is 380 g/mol. The fourth-order valence-electron chi connectivity index (χ4n) is 3.20. The first-order chi connectivity index (χ1) is 13.7. The summed E-state index contributed by atoms with van der Waals surface area (Å²) in [6.45, 7) is 2.15. The van der Waals surface area contributed by atoms with E-state index in [-0.39, 0.29) is 17.6 Å². The second kappa shape index (κ2) is 8.31. The second-order valence-corrected chi connectivity index (χ2v) is 7.01. The van der Waals surface area contributed by atoms with E-state index in [1.54, 1.807) is 12.1 Å². The van der Waals surface area contributed by atoms with Crippen molar-refractivity contribution >= 4 is 5.91 Å². The molecule has 0 unspecified atom stereocenters. The van der Waals surface area contributed by atoms with Gasteiger partial charge in [-0.15, -0.1) is 0 Å². The highest BCUT2D eigenvalue weighted by atomic mass is 19.1. The number of carbonyl (C=O) groups is 1. The first-order valence-corrected chi connectivity index (χ1v) is 9.25. The van der Waals surface area contributed by atoms with Gasteiger partial charge in [0.05, 0.1) is 12.5 Å². The van der Waals surface area contributed by atoms with E-state index in [1.165, 1.54) is 12.1 Å². The molecule has 1 fully saturated rings. The van der Waals surface area contributed by atoms with Crippen LogP contribution in [0.25, 0.3) is 0 Å². The summed E-state index contributed by atoms with van der Waals surface area (Å²) in [5.74, 6) is 1.14. The Balaban J connectivity index is 1.20. The van der Waals surface area contributed by atoms with E-state index < -0.39 is 0 Å². The molecule has 6 nitrogen and oxygen atoms in total. The summed E-state index contributed by atoms with van der Waals surface area (Å²) in [5.41, 5.74) is 2.01. The van der Waals surface area contributed by atoms with Gasteiger partial charge in [0.2, 0.25) is 11.8 Å². The number of hydrogen-bond acceptors (Lipinski definition) is 5. The number of aromatic nitrogens is 2. The van der Waals surface area contributed by atoms with Crippen molar-refractivity contribution in [2.24, 2.45) is 0 Å². The Morgan fingerprint density at radius 2 is 1.86 bits per heavy atom. The number of hydrogen-bond donors (Lipinski definition) is 1. The van der Waals surface area contributed by atoms with Crippen LogP contribution in [-0.2, 0) is 17.8 Å². The highest BCUT2D eigenvalue weighted by molar-refractivity contribution is 5.78. The third kappa shape index (κ3) is 4.61. The van der Waals surface area contributed by atoms with Crippen LogP contribution in [0.5, 0.6) is 0 Å². The Morgan fingerprint density at radius 3 is 2.61 bits per heavy atom. The molecule has 1 aliphatic heterocycles. The highest BCUT2D eigenvalue weighted by Gasteiger charge is 2.33. The molecule has 0 aliphatic carbocycles. The van der Waals surface area contributed by atoms with Crippen molar-refractivity contribution in [1.82, 2.24) is 20.4 Å². The van der Waals surface area contributed by atoms with Crippen molar-refractivity contribution in [2.75, 3.05) is 19.6 Å². The van der Waals surface area contributed by atoms with Crippen LogP contribution in [0.4, 0.5) is 4.39 Å². The Kier molecular flexibility index (Phi) is 5.43. The van der Waals surface area contributed by atoms with Crippen molar-refractivity contribution in [3.05, 3.63) is 83.3 Å². The lowest BCUT2D eigenvalue weighted by Gasteiger charge is -2.36. The molecular weight excluding hydrogens is 359 g/mol. The zero-order valence-electron chi connectivity index (χ0n) is 15.3. The maximum Gasteiger partial charge on any atom is 0.234 e. The normalized spacial score (nSPS) is 14.6. The lowest BCUT2D eigenvalue weighted by molar-refractivity contribution is -0.123. The van der Waals surface area contributed by atoms with Gasteiger partial charge in [0.25, 0.3) is 0 Å². The van der Waals surface area contributed by atoms with E-state index in [2.05, 4.69) is 15.5 Å². The second-order valence-electron chi connectivity index (χ2n) is 7.01. The molecule has 3 aromatic rings. The predicted molar refractivity (Wildman–Crippen MR) is 101 cm³/mol. The van der Waals surface area contributed by atoms with Gasteiger partial charge in [0, 0.05) is 26.1 Å². The third-order valence-corrected chi connectivity index (χ3v) is 4.77. The summed E-state index contributed by atoms with van der Waals surface area (Å²) in [4.78, 5) is 18.6. The molecule has 28 heavy (non-hydrogen) atoms. The van der Waals surface area contributed by atoms with Crippen LogP contribution in [0.2, 0.25) is 0 Å². The van der Waals surface area contributed by atoms with Gasteiger partial charge in [-0.3, -0.25) is 9.69 Å². The summed E-state index contributed by atoms with van der Waals surface area (Å²) >= 11 is 0. The summed E-state index contributed by atoms with van der Waals surface area (Å²) < 4.78 is 18.3. The molecule has 2 aromatic carbocycles. The van der Waals surface area contributed by atoms with E-state index >= 15 is 0 Å². The molecule has 0 radical (unpaired) electrons. The fourth-order valence-corrected chi connectivity index (χ4v) is 3.20. The molecule has 1 N–H and O–H groups in total. The average molecular weight is 380 g/mol. The Labute approximate surface area is 162 Å². The van der Waals surface area contributed by atoms with Crippen LogP contribution >= 0.6 is 0 Å². The molecule has 0 saturated carbocycles. The third-order valence-electron chi connectivity index (χ3n) is 4.77. The van der Waals surface area contributed by atoms with E-state index in [9.17, 15) is 9.18 Å². The lowest BCUT2D eigenvalue weighted by atomic mass is 10.0. The first-order valence-electron chi connectivity index (χ1n) is 9.25. The van der Waals surface area contributed by atoms with Crippen LogP contribution in [0, 0.1) is 5.82 Å². The Bertz CT molecular complexity index is 921. The molecule has 1 aliphatic rings.